The molecule has 0 saturated carbocycles. The van der Waals surface area contributed by atoms with E-state index in [1.54, 1.807) is 23.2 Å². The van der Waals surface area contributed by atoms with Gasteiger partial charge in [0.1, 0.15) is 6.73 Å². The van der Waals surface area contributed by atoms with Crippen molar-refractivity contribution in [3.63, 3.8) is 0 Å². The minimum atomic E-state index is -1.12. The van der Waals surface area contributed by atoms with E-state index < -0.39 is 8.07 Å². The van der Waals surface area contributed by atoms with Crippen molar-refractivity contribution in [2.75, 3.05) is 33.5 Å². The molecule has 1 aliphatic heterocycles. The molecular weight excluding hydrogens is 426 g/mol. The molecule has 1 aromatic heterocycles. The molecule has 1 atom stereocenters. The Morgan fingerprint density at radius 3 is 2.74 bits per heavy atom. The molecule has 9 heteroatoms. The number of halogens is 1. The standard InChI is InChI=1S/C18H30BrN5O2Si/c1-14(19)24(13-26-9-10-27(3,4)5)17-12-23(11-16(17)20-2)18(25)15-7-6-8-21-22-15/h6-8,14,20H,9-13H2,1-5H3. The zero-order chi connectivity index (χ0) is 20.0. The van der Waals surface area contributed by atoms with Gasteiger partial charge in [-0.05, 0) is 25.1 Å². The normalized spacial score (nSPS) is 15.9. The molecule has 0 aliphatic carbocycles. The van der Waals surface area contributed by atoms with Gasteiger partial charge in [0.05, 0.1) is 29.4 Å². The lowest BCUT2D eigenvalue weighted by atomic mass is 10.3. The number of hydrogen-bond donors (Lipinski definition) is 1. The molecular formula is C18H30BrN5O2Si. The van der Waals surface area contributed by atoms with Crippen LogP contribution in [0.25, 0.3) is 0 Å². The van der Waals surface area contributed by atoms with E-state index in [2.05, 4.69) is 62.9 Å². The fourth-order valence-electron chi connectivity index (χ4n) is 2.76. The number of nitrogens with one attached hydrogen (secondary N) is 1. The molecule has 0 radical (unpaired) electrons. The Kier molecular flexibility index (Phi) is 7.81. The van der Waals surface area contributed by atoms with Gasteiger partial charge in [-0.15, -0.1) is 5.10 Å². The Balaban J connectivity index is 2.04. The van der Waals surface area contributed by atoms with E-state index in [1.807, 2.05) is 7.05 Å². The number of nitrogens with zero attached hydrogens (tertiary/aromatic N) is 4. The molecule has 27 heavy (non-hydrogen) atoms. The molecule has 1 amide bonds. The molecule has 0 aromatic carbocycles. The van der Waals surface area contributed by atoms with E-state index in [-0.39, 0.29) is 10.9 Å². The van der Waals surface area contributed by atoms with Gasteiger partial charge in [-0.1, -0.05) is 35.6 Å². The van der Waals surface area contributed by atoms with Crippen LogP contribution < -0.4 is 5.32 Å². The number of alkyl halides is 1. The van der Waals surface area contributed by atoms with Crippen LogP contribution in [-0.2, 0) is 4.74 Å². The van der Waals surface area contributed by atoms with Crippen LogP contribution in [0.15, 0.2) is 29.7 Å². The van der Waals surface area contributed by atoms with Gasteiger partial charge in [-0.25, -0.2) is 0 Å². The second-order valence-electron chi connectivity index (χ2n) is 7.84. The topological polar surface area (TPSA) is 70.6 Å². The summed E-state index contributed by atoms with van der Waals surface area (Å²) >= 11 is 3.67. The number of carbonyl (C=O) groups is 1. The number of hydrogen-bond acceptors (Lipinski definition) is 6. The quantitative estimate of drug-likeness (QED) is 0.203. The van der Waals surface area contributed by atoms with E-state index >= 15 is 0 Å². The highest BCUT2D eigenvalue weighted by Gasteiger charge is 2.31. The number of likely N-dealkylation sites (N-methyl/N-ethyl adjacent to an activating group) is 1. The second kappa shape index (κ2) is 9.65. The predicted molar refractivity (Wildman–Crippen MR) is 113 cm³/mol. The average Bonchev–Trinajstić information content (AvgIpc) is 3.04. The molecule has 2 rings (SSSR count). The van der Waals surface area contributed by atoms with Crippen molar-refractivity contribution in [1.82, 2.24) is 25.3 Å². The van der Waals surface area contributed by atoms with Crippen LogP contribution in [-0.4, -0.2) is 72.4 Å². The summed E-state index contributed by atoms with van der Waals surface area (Å²) in [4.78, 5) is 16.7. The van der Waals surface area contributed by atoms with Crippen molar-refractivity contribution in [3.05, 3.63) is 35.4 Å². The van der Waals surface area contributed by atoms with Gasteiger partial charge in [0.25, 0.3) is 5.91 Å². The first-order chi connectivity index (χ1) is 12.7. The van der Waals surface area contributed by atoms with Crippen molar-refractivity contribution >= 4 is 29.9 Å². The first-order valence-electron chi connectivity index (χ1n) is 9.18. The molecule has 1 unspecified atom stereocenters. The molecule has 1 aliphatic rings. The Labute approximate surface area is 171 Å². The highest BCUT2D eigenvalue weighted by atomic mass is 79.9. The van der Waals surface area contributed by atoms with Crippen molar-refractivity contribution in [1.29, 1.82) is 0 Å². The van der Waals surface area contributed by atoms with Crippen LogP contribution in [0.4, 0.5) is 0 Å². The average molecular weight is 456 g/mol. The van der Waals surface area contributed by atoms with Crippen molar-refractivity contribution < 1.29 is 9.53 Å². The minimum absolute atomic E-state index is 0.0919. The van der Waals surface area contributed by atoms with Crippen LogP contribution in [0.1, 0.15) is 17.4 Å². The lowest BCUT2D eigenvalue weighted by Crippen LogP contribution is -2.36. The molecule has 7 nitrogen and oxygen atoms in total. The summed E-state index contributed by atoms with van der Waals surface area (Å²) < 4.78 is 5.96. The number of amides is 1. The highest BCUT2D eigenvalue weighted by Crippen LogP contribution is 2.24. The number of ether oxygens (including phenoxy) is 1. The Hall–Kier alpha value is -1.45. The van der Waals surface area contributed by atoms with E-state index in [1.165, 1.54) is 0 Å². The summed E-state index contributed by atoms with van der Waals surface area (Å²) in [6, 6.07) is 4.55. The van der Waals surface area contributed by atoms with Crippen LogP contribution in [0.3, 0.4) is 0 Å². The lowest BCUT2D eigenvalue weighted by molar-refractivity contribution is 0.0489. The lowest BCUT2D eigenvalue weighted by Gasteiger charge is -2.30. The molecule has 1 N–H and O–H groups in total. The number of aromatic nitrogens is 2. The van der Waals surface area contributed by atoms with Crippen molar-refractivity contribution in [2.24, 2.45) is 0 Å². The van der Waals surface area contributed by atoms with E-state index in [0.717, 1.165) is 24.0 Å². The molecule has 150 valence electrons. The first kappa shape index (κ1) is 21.8. The molecule has 1 aromatic rings. The second-order valence-corrected chi connectivity index (χ2v) is 14.8. The van der Waals surface area contributed by atoms with Gasteiger partial charge in [-0.2, -0.15) is 5.10 Å². The number of rotatable bonds is 9. The molecule has 0 spiro atoms. The third kappa shape index (κ3) is 6.29. The van der Waals surface area contributed by atoms with Gasteiger partial charge >= 0.3 is 0 Å². The Morgan fingerprint density at radius 1 is 1.44 bits per heavy atom. The fraction of sp³-hybridized carbons (Fsp3) is 0.611. The van der Waals surface area contributed by atoms with E-state index in [4.69, 9.17) is 4.74 Å². The summed E-state index contributed by atoms with van der Waals surface area (Å²) in [6.07, 6.45) is 1.56. The highest BCUT2D eigenvalue weighted by molar-refractivity contribution is 9.09. The Bertz CT molecular complexity index is 663. The third-order valence-corrected chi connectivity index (χ3v) is 6.62. The maximum Gasteiger partial charge on any atom is 0.275 e. The maximum absolute atomic E-state index is 12.7. The van der Waals surface area contributed by atoms with Crippen molar-refractivity contribution in [3.8, 4) is 0 Å². The van der Waals surface area contributed by atoms with E-state index in [0.29, 0.717) is 25.5 Å². The van der Waals surface area contributed by atoms with Crippen molar-refractivity contribution in [2.45, 2.75) is 37.6 Å². The largest absolute Gasteiger partial charge is 0.389 e. The summed E-state index contributed by atoms with van der Waals surface area (Å²) in [5.74, 6) is -0.118. The number of carbonyl (C=O) groups excluding carboxylic acids is 1. The van der Waals surface area contributed by atoms with Gasteiger partial charge in [-0.3, -0.25) is 4.79 Å². The summed E-state index contributed by atoms with van der Waals surface area (Å²) in [5, 5.41) is 11.0. The molecule has 0 saturated heterocycles. The Morgan fingerprint density at radius 2 is 2.19 bits per heavy atom. The monoisotopic (exact) mass is 455 g/mol. The van der Waals surface area contributed by atoms with Gasteiger partial charge in [0, 0.05) is 27.9 Å². The SMILES string of the molecule is CNC1=C(N(COCC[Si](C)(C)C)C(C)Br)CN(C(=O)c2cccnn2)C1. The van der Waals surface area contributed by atoms with E-state index in [9.17, 15) is 4.79 Å². The van der Waals surface area contributed by atoms with Crippen LogP contribution in [0.5, 0.6) is 0 Å². The predicted octanol–water partition coefficient (Wildman–Crippen LogP) is 2.72. The van der Waals surface area contributed by atoms with Crippen LogP contribution in [0, 0.1) is 0 Å². The third-order valence-electron chi connectivity index (χ3n) is 4.42. The first-order valence-corrected chi connectivity index (χ1v) is 13.8. The van der Waals surface area contributed by atoms with Gasteiger partial charge < -0.3 is 19.9 Å². The summed E-state index contributed by atoms with van der Waals surface area (Å²) in [7, 11) is 0.767. The molecule has 0 bridgehead atoms. The minimum Gasteiger partial charge on any atom is -0.389 e. The summed E-state index contributed by atoms with van der Waals surface area (Å²) in [6.45, 7) is 11.4. The van der Waals surface area contributed by atoms with Gasteiger partial charge in [0.2, 0.25) is 0 Å². The molecule has 2 heterocycles. The van der Waals surface area contributed by atoms with Crippen LogP contribution >= 0.6 is 15.9 Å². The smallest absolute Gasteiger partial charge is 0.275 e. The zero-order valence-electron chi connectivity index (χ0n) is 16.8. The van der Waals surface area contributed by atoms with Gasteiger partial charge in [0.15, 0.2) is 5.69 Å². The maximum atomic E-state index is 12.7. The summed E-state index contributed by atoms with van der Waals surface area (Å²) in [5.41, 5.74) is 2.44. The zero-order valence-corrected chi connectivity index (χ0v) is 19.4. The fourth-order valence-corrected chi connectivity index (χ4v) is 3.88. The molecule has 0 fully saturated rings. The van der Waals surface area contributed by atoms with Crippen LogP contribution in [0.2, 0.25) is 25.7 Å².